The summed E-state index contributed by atoms with van der Waals surface area (Å²) in [5, 5.41) is 5.08. The van der Waals surface area contributed by atoms with Crippen molar-refractivity contribution in [2.75, 3.05) is 45.2 Å². The minimum atomic E-state index is -4.64. The predicted molar refractivity (Wildman–Crippen MR) is 121 cm³/mol. The summed E-state index contributed by atoms with van der Waals surface area (Å²) in [6, 6.07) is 5.93. The molecule has 0 radical (unpaired) electrons. The smallest absolute Gasteiger partial charge is 0.383 e. The van der Waals surface area contributed by atoms with Crippen LogP contribution >= 0.6 is 0 Å². The lowest BCUT2D eigenvalue weighted by Crippen LogP contribution is -2.62. The molecule has 1 heterocycles. The Labute approximate surface area is 205 Å². The lowest BCUT2D eigenvalue weighted by atomic mass is 10.2. The summed E-state index contributed by atoms with van der Waals surface area (Å²) in [5.41, 5.74) is -0.722. The number of amides is 3. The Balaban J connectivity index is 1.83. The number of rotatable bonds is 7. The molecule has 2 aromatic rings. The molecule has 0 aromatic heterocycles. The molecule has 3 amide bonds. The van der Waals surface area contributed by atoms with Gasteiger partial charge in [-0.05, 0) is 48.5 Å². The molecule has 0 bridgehead atoms. The van der Waals surface area contributed by atoms with Crippen LogP contribution in [0.1, 0.15) is 5.56 Å². The molecule has 1 saturated heterocycles. The van der Waals surface area contributed by atoms with Gasteiger partial charge in [0.2, 0.25) is 15.9 Å². The summed E-state index contributed by atoms with van der Waals surface area (Å²) in [4.78, 5) is 26.4. The van der Waals surface area contributed by atoms with Crippen molar-refractivity contribution >= 4 is 27.6 Å². The molecule has 196 valence electrons. The minimum Gasteiger partial charge on any atom is -0.383 e. The van der Waals surface area contributed by atoms with E-state index in [0.717, 1.165) is 28.6 Å². The summed E-state index contributed by atoms with van der Waals surface area (Å²) < 4.78 is 84.1. The third kappa shape index (κ3) is 6.50. The zero-order valence-electron chi connectivity index (χ0n) is 19.1. The van der Waals surface area contributed by atoms with Crippen LogP contribution in [0.5, 0.6) is 0 Å². The second-order valence-corrected chi connectivity index (χ2v) is 9.71. The summed E-state index contributed by atoms with van der Waals surface area (Å²) in [6.45, 7) is -0.496. The monoisotopic (exact) mass is 532 g/mol. The van der Waals surface area contributed by atoms with E-state index in [4.69, 9.17) is 4.74 Å². The van der Waals surface area contributed by atoms with E-state index < -0.39 is 50.5 Å². The molecule has 36 heavy (non-hydrogen) atoms. The molecule has 2 aromatic carbocycles. The first kappa shape index (κ1) is 27.4. The molecule has 1 unspecified atom stereocenters. The van der Waals surface area contributed by atoms with Gasteiger partial charge < -0.3 is 20.3 Å². The van der Waals surface area contributed by atoms with Gasteiger partial charge >= 0.3 is 12.2 Å². The maximum absolute atomic E-state index is 13.3. The maximum atomic E-state index is 13.3. The van der Waals surface area contributed by atoms with Crippen LogP contribution in [0.3, 0.4) is 0 Å². The van der Waals surface area contributed by atoms with E-state index in [-0.39, 0.29) is 32.8 Å². The number of ether oxygens (including phenoxy) is 1. The number of halogens is 4. The molecule has 1 aliphatic rings. The van der Waals surface area contributed by atoms with Gasteiger partial charge in [0.1, 0.15) is 11.9 Å². The summed E-state index contributed by atoms with van der Waals surface area (Å²) in [6.07, 6.45) is -4.64. The molecule has 3 rings (SSSR count). The van der Waals surface area contributed by atoms with Gasteiger partial charge in [0, 0.05) is 39.0 Å². The molecule has 1 atom stereocenters. The Morgan fingerprint density at radius 3 is 2.28 bits per heavy atom. The summed E-state index contributed by atoms with van der Waals surface area (Å²) >= 11 is 0. The topological polar surface area (TPSA) is 108 Å². The molecule has 1 fully saturated rings. The lowest BCUT2D eigenvalue weighted by Gasteiger charge is -2.39. The van der Waals surface area contributed by atoms with Crippen molar-refractivity contribution in [2.45, 2.75) is 17.1 Å². The highest BCUT2D eigenvalue weighted by Gasteiger charge is 2.41. The van der Waals surface area contributed by atoms with Crippen LogP contribution in [0.4, 0.5) is 28.0 Å². The normalized spacial score (nSPS) is 17.0. The van der Waals surface area contributed by atoms with Crippen LogP contribution in [0, 0.1) is 5.82 Å². The number of nitrogens with zero attached hydrogens (tertiary/aromatic N) is 2. The van der Waals surface area contributed by atoms with E-state index in [1.165, 1.54) is 24.1 Å². The van der Waals surface area contributed by atoms with Gasteiger partial charge in [-0.1, -0.05) is 0 Å². The van der Waals surface area contributed by atoms with Crippen molar-refractivity contribution in [2.24, 2.45) is 0 Å². The van der Waals surface area contributed by atoms with E-state index in [1.54, 1.807) is 0 Å². The fourth-order valence-corrected chi connectivity index (χ4v) is 5.10. The lowest BCUT2D eigenvalue weighted by molar-refractivity contribution is -0.137. The molecule has 0 saturated carbocycles. The van der Waals surface area contributed by atoms with Crippen molar-refractivity contribution in [1.29, 1.82) is 0 Å². The number of carbonyl (C=O) groups excluding carboxylic acids is 2. The molecule has 9 nitrogen and oxygen atoms in total. The zero-order valence-corrected chi connectivity index (χ0v) is 19.9. The maximum Gasteiger partial charge on any atom is 0.416 e. The van der Waals surface area contributed by atoms with Gasteiger partial charge in [-0.3, -0.25) is 4.79 Å². The van der Waals surface area contributed by atoms with Crippen LogP contribution in [0.15, 0.2) is 53.4 Å². The summed E-state index contributed by atoms with van der Waals surface area (Å²) in [5.74, 6) is -1.20. The van der Waals surface area contributed by atoms with Gasteiger partial charge in [0.05, 0.1) is 17.1 Å². The largest absolute Gasteiger partial charge is 0.416 e. The van der Waals surface area contributed by atoms with E-state index in [0.29, 0.717) is 17.8 Å². The van der Waals surface area contributed by atoms with E-state index in [9.17, 15) is 35.6 Å². The Hall–Kier alpha value is -3.23. The van der Waals surface area contributed by atoms with Crippen molar-refractivity contribution in [1.82, 2.24) is 14.5 Å². The highest BCUT2D eigenvalue weighted by atomic mass is 32.2. The van der Waals surface area contributed by atoms with Crippen molar-refractivity contribution in [3.05, 3.63) is 59.9 Å². The number of alkyl halides is 3. The number of urea groups is 1. The first-order chi connectivity index (χ1) is 16.9. The zero-order chi connectivity index (χ0) is 26.5. The van der Waals surface area contributed by atoms with Gasteiger partial charge in [0.25, 0.3) is 0 Å². The van der Waals surface area contributed by atoms with E-state index in [2.05, 4.69) is 10.6 Å². The third-order valence-corrected chi connectivity index (χ3v) is 7.33. The van der Waals surface area contributed by atoms with Crippen molar-refractivity contribution in [3.63, 3.8) is 0 Å². The standard InChI is InChI=1S/C22H24F4N4O5S/c1-35-13-10-27-20(31)19-14-29(21(32)28-17-6-4-16(23)5-7-17)11-12-30(19)36(33,34)18-8-2-15(3-9-18)22(24,25)26/h2-9,19H,10-14H2,1H3,(H,27,31)(H,28,32). The number of methoxy groups -OCH3 is 1. The van der Waals surface area contributed by atoms with Gasteiger partial charge in [-0.25, -0.2) is 17.6 Å². The Bertz CT molecular complexity index is 1170. The van der Waals surface area contributed by atoms with E-state index >= 15 is 0 Å². The molecular formula is C22H24F4N4O5S. The van der Waals surface area contributed by atoms with Gasteiger partial charge in [0.15, 0.2) is 0 Å². The number of hydrogen-bond acceptors (Lipinski definition) is 5. The number of benzene rings is 2. The number of sulfonamides is 1. The average molecular weight is 533 g/mol. The molecule has 0 aliphatic carbocycles. The predicted octanol–water partition coefficient (Wildman–Crippen LogP) is 2.51. The van der Waals surface area contributed by atoms with Crippen LogP contribution in [-0.4, -0.2) is 75.5 Å². The fourth-order valence-electron chi connectivity index (χ4n) is 3.53. The Kier molecular flexibility index (Phi) is 8.53. The van der Waals surface area contributed by atoms with Crippen LogP contribution in [0.25, 0.3) is 0 Å². The molecular weight excluding hydrogens is 508 g/mol. The van der Waals surface area contributed by atoms with Crippen LogP contribution < -0.4 is 10.6 Å². The van der Waals surface area contributed by atoms with Crippen molar-refractivity contribution < 1.29 is 40.3 Å². The highest BCUT2D eigenvalue weighted by Crippen LogP contribution is 2.31. The Morgan fingerprint density at radius 1 is 1.06 bits per heavy atom. The molecule has 0 spiro atoms. The number of anilines is 1. The first-order valence-electron chi connectivity index (χ1n) is 10.7. The minimum absolute atomic E-state index is 0.0712. The second-order valence-electron chi connectivity index (χ2n) is 7.82. The van der Waals surface area contributed by atoms with Gasteiger partial charge in [-0.2, -0.15) is 17.5 Å². The fraction of sp³-hybridized carbons (Fsp3) is 0.364. The molecule has 1 aliphatic heterocycles. The van der Waals surface area contributed by atoms with Crippen LogP contribution in [0.2, 0.25) is 0 Å². The van der Waals surface area contributed by atoms with Crippen LogP contribution in [-0.2, 0) is 25.7 Å². The Morgan fingerprint density at radius 2 is 1.69 bits per heavy atom. The highest BCUT2D eigenvalue weighted by molar-refractivity contribution is 7.89. The number of carbonyl (C=O) groups is 2. The average Bonchev–Trinajstić information content (AvgIpc) is 2.84. The number of piperazine rings is 1. The second kappa shape index (κ2) is 11.2. The molecule has 2 N–H and O–H groups in total. The summed E-state index contributed by atoms with van der Waals surface area (Å²) in [7, 11) is -2.98. The van der Waals surface area contributed by atoms with E-state index in [1.807, 2.05) is 0 Å². The molecule has 14 heteroatoms. The number of hydrogen-bond donors (Lipinski definition) is 2. The van der Waals surface area contributed by atoms with Crippen molar-refractivity contribution in [3.8, 4) is 0 Å². The van der Waals surface area contributed by atoms with Gasteiger partial charge in [-0.15, -0.1) is 0 Å². The SMILES string of the molecule is COCCNC(=O)C1CN(C(=O)Nc2ccc(F)cc2)CCN1S(=O)(=O)c1ccc(C(F)(F)F)cc1. The number of nitrogens with one attached hydrogen (secondary N) is 2. The third-order valence-electron chi connectivity index (χ3n) is 5.41. The quantitative estimate of drug-likeness (QED) is 0.421. The first-order valence-corrected chi connectivity index (χ1v) is 12.1.